The van der Waals surface area contributed by atoms with Crippen LogP contribution in [0.5, 0.6) is 0 Å². The highest BCUT2D eigenvalue weighted by Crippen LogP contribution is 2.18. The lowest BCUT2D eigenvalue weighted by Gasteiger charge is -2.27. The molecule has 1 aromatic rings. The molecule has 0 atom stereocenters. The van der Waals surface area contributed by atoms with Crippen molar-refractivity contribution in [3.63, 3.8) is 0 Å². The van der Waals surface area contributed by atoms with Crippen LogP contribution in [0.3, 0.4) is 0 Å². The average Bonchev–Trinajstić information content (AvgIpc) is 3.00. The lowest BCUT2D eigenvalue weighted by Crippen LogP contribution is -2.46. The summed E-state index contributed by atoms with van der Waals surface area (Å²) in [6.45, 7) is 7.25. The second kappa shape index (κ2) is 10.7. The summed E-state index contributed by atoms with van der Waals surface area (Å²) < 4.78 is 5.33. The molecule has 0 aromatic carbocycles. The van der Waals surface area contributed by atoms with Crippen LogP contribution in [-0.4, -0.2) is 36.3 Å². The molecule has 1 heterocycles. The van der Waals surface area contributed by atoms with Crippen LogP contribution in [0.4, 0.5) is 0 Å². The van der Waals surface area contributed by atoms with Gasteiger partial charge >= 0.3 is 0 Å². The van der Waals surface area contributed by atoms with Gasteiger partial charge in [-0.3, -0.25) is 0 Å². The number of guanidine groups is 1. The molecule has 1 aromatic heterocycles. The maximum absolute atomic E-state index is 9.59. The van der Waals surface area contributed by atoms with Crippen LogP contribution in [0.25, 0.3) is 0 Å². The maximum atomic E-state index is 9.59. The Hall–Kier alpha value is -1.02. The molecular formula is C17H28IN3O2. The largest absolute Gasteiger partial charge is 0.469 e. The molecule has 0 amide bonds. The van der Waals surface area contributed by atoms with E-state index in [1.807, 2.05) is 19.1 Å². The van der Waals surface area contributed by atoms with Gasteiger partial charge in [0.1, 0.15) is 5.76 Å². The van der Waals surface area contributed by atoms with Crippen LogP contribution in [0, 0.1) is 0 Å². The van der Waals surface area contributed by atoms with E-state index in [9.17, 15) is 5.11 Å². The van der Waals surface area contributed by atoms with Gasteiger partial charge < -0.3 is 20.2 Å². The van der Waals surface area contributed by atoms with Gasteiger partial charge in [-0.15, -0.1) is 24.0 Å². The fraction of sp³-hybridized carbons (Fsp3) is 0.588. The van der Waals surface area contributed by atoms with Gasteiger partial charge in [-0.1, -0.05) is 12.2 Å². The lowest BCUT2D eigenvalue weighted by molar-refractivity contribution is 0.120. The third-order valence-corrected chi connectivity index (χ3v) is 3.79. The summed E-state index contributed by atoms with van der Waals surface area (Å²) in [5.41, 5.74) is 1.03. The minimum absolute atomic E-state index is 0. The number of aliphatic hydroxyl groups is 1. The fourth-order valence-corrected chi connectivity index (χ4v) is 2.54. The molecule has 3 N–H and O–H groups in total. The monoisotopic (exact) mass is 433 g/mol. The van der Waals surface area contributed by atoms with Gasteiger partial charge in [-0.05, 0) is 44.7 Å². The zero-order chi connectivity index (χ0) is 15.8. The van der Waals surface area contributed by atoms with Gasteiger partial charge in [-0.25, -0.2) is 4.99 Å². The predicted molar refractivity (Wildman–Crippen MR) is 104 cm³/mol. The van der Waals surface area contributed by atoms with Gasteiger partial charge in [0, 0.05) is 19.0 Å². The van der Waals surface area contributed by atoms with Crippen molar-refractivity contribution >= 4 is 29.9 Å². The third kappa shape index (κ3) is 7.87. The van der Waals surface area contributed by atoms with Crippen molar-refractivity contribution in [2.75, 3.05) is 13.1 Å². The maximum Gasteiger partial charge on any atom is 0.191 e. The molecule has 0 radical (unpaired) electrons. The molecule has 1 saturated carbocycles. The molecule has 1 aliphatic carbocycles. The van der Waals surface area contributed by atoms with E-state index < -0.39 is 0 Å². The molecule has 0 bridgehead atoms. The van der Waals surface area contributed by atoms with Crippen molar-refractivity contribution in [1.82, 2.24) is 10.6 Å². The summed E-state index contributed by atoms with van der Waals surface area (Å²) >= 11 is 0. The first-order chi connectivity index (χ1) is 10.6. The molecule has 0 unspecified atom stereocenters. The molecule has 23 heavy (non-hydrogen) atoms. The van der Waals surface area contributed by atoms with E-state index in [2.05, 4.69) is 22.2 Å². The van der Waals surface area contributed by atoms with E-state index in [0.717, 1.165) is 55.9 Å². The number of nitrogens with one attached hydrogen (secondary N) is 2. The van der Waals surface area contributed by atoms with Crippen molar-refractivity contribution < 1.29 is 9.52 Å². The lowest BCUT2D eigenvalue weighted by atomic mass is 9.93. The first-order valence-electron chi connectivity index (χ1n) is 8.03. The summed E-state index contributed by atoms with van der Waals surface area (Å²) in [4.78, 5) is 4.56. The van der Waals surface area contributed by atoms with Crippen LogP contribution < -0.4 is 10.6 Å². The number of hydrogen-bond acceptors (Lipinski definition) is 3. The zero-order valence-corrected chi connectivity index (χ0v) is 16.1. The molecule has 1 fully saturated rings. The Bertz CT molecular complexity index is 480. The number of aliphatic hydroxyl groups excluding tert-OH is 1. The molecule has 5 nitrogen and oxygen atoms in total. The first kappa shape index (κ1) is 20.0. The highest BCUT2D eigenvalue weighted by molar-refractivity contribution is 14.0. The van der Waals surface area contributed by atoms with Gasteiger partial charge in [0.25, 0.3) is 0 Å². The van der Waals surface area contributed by atoms with Crippen LogP contribution in [0.2, 0.25) is 0 Å². The Balaban J connectivity index is 0.00000264. The van der Waals surface area contributed by atoms with Crippen molar-refractivity contribution in [2.45, 2.75) is 51.2 Å². The standard InChI is InChI=1S/C17H27N3O2.HI/c1-13(2)12-19-17(18-10-9-16-4-3-11-22-16)20-14-5-7-15(21)8-6-14;/h3-4,11,14-15,21H,1,5-10,12H2,2H3,(H2,18,19,20);1H. The summed E-state index contributed by atoms with van der Waals surface area (Å²) in [5.74, 6) is 1.78. The number of nitrogens with zero attached hydrogens (tertiary/aromatic N) is 1. The highest BCUT2D eigenvalue weighted by Gasteiger charge is 2.20. The van der Waals surface area contributed by atoms with Crippen molar-refractivity contribution in [2.24, 2.45) is 4.99 Å². The second-order valence-electron chi connectivity index (χ2n) is 6.03. The van der Waals surface area contributed by atoms with E-state index in [0.29, 0.717) is 12.6 Å². The zero-order valence-electron chi connectivity index (χ0n) is 13.8. The Morgan fingerprint density at radius 3 is 2.74 bits per heavy atom. The Labute approximate surface area is 155 Å². The van der Waals surface area contributed by atoms with Crippen LogP contribution >= 0.6 is 24.0 Å². The Morgan fingerprint density at radius 1 is 1.39 bits per heavy atom. The van der Waals surface area contributed by atoms with E-state index in [4.69, 9.17) is 4.42 Å². The van der Waals surface area contributed by atoms with Gasteiger partial charge in [-0.2, -0.15) is 0 Å². The van der Waals surface area contributed by atoms with Crippen molar-refractivity contribution in [3.8, 4) is 0 Å². The van der Waals surface area contributed by atoms with E-state index in [1.165, 1.54) is 0 Å². The minimum atomic E-state index is -0.138. The van der Waals surface area contributed by atoms with Crippen molar-refractivity contribution in [1.29, 1.82) is 0 Å². The summed E-state index contributed by atoms with van der Waals surface area (Å²) in [6, 6.07) is 4.25. The van der Waals surface area contributed by atoms with Crippen LogP contribution in [-0.2, 0) is 6.42 Å². The van der Waals surface area contributed by atoms with E-state index in [1.54, 1.807) is 6.26 Å². The molecule has 0 spiro atoms. The van der Waals surface area contributed by atoms with E-state index in [-0.39, 0.29) is 30.1 Å². The molecule has 1 aliphatic rings. The minimum Gasteiger partial charge on any atom is -0.469 e. The number of halogens is 1. The topological polar surface area (TPSA) is 69.8 Å². The van der Waals surface area contributed by atoms with Gasteiger partial charge in [0.05, 0.1) is 18.9 Å². The van der Waals surface area contributed by atoms with Gasteiger partial charge in [0.15, 0.2) is 5.96 Å². The molecule has 0 aliphatic heterocycles. The summed E-state index contributed by atoms with van der Waals surface area (Å²) in [7, 11) is 0. The highest BCUT2D eigenvalue weighted by atomic mass is 127. The number of hydrogen-bond donors (Lipinski definition) is 3. The van der Waals surface area contributed by atoms with Crippen LogP contribution in [0.15, 0.2) is 40.0 Å². The molecule has 0 saturated heterocycles. The quantitative estimate of drug-likeness (QED) is 0.279. The SMILES string of the molecule is C=C(C)CN=C(NCCc1ccco1)NC1CCC(O)CC1.I. The number of aliphatic imine (C=N–C) groups is 1. The van der Waals surface area contributed by atoms with Crippen molar-refractivity contribution in [3.05, 3.63) is 36.3 Å². The summed E-state index contributed by atoms with van der Waals surface area (Å²) in [5, 5.41) is 16.4. The van der Waals surface area contributed by atoms with Crippen LogP contribution in [0.1, 0.15) is 38.4 Å². The normalized spacial score (nSPS) is 21.4. The van der Waals surface area contributed by atoms with E-state index >= 15 is 0 Å². The number of furan rings is 1. The molecule has 2 rings (SSSR count). The number of rotatable bonds is 6. The molecule has 6 heteroatoms. The Morgan fingerprint density at radius 2 is 2.13 bits per heavy atom. The predicted octanol–water partition coefficient (Wildman–Crippen LogP) is 2.85. The third-order valence-electron chi connectivity index (χ3n) is 3.79. The fourth-order valence-electron chi connectivity index (χ4n) is 2.54. The first-order valence-corrected chi connectivity index (χ1v) is 8.03. The molecular weight excluding hydrogens is 405 g/mol. The van der Waals surface area contributed by atoms with Gasteiger partial charge in [0.2, 0.25) is 0 Å². The average molecular weight is 433 g/mol. The smallest absolute Gasteiger partial charge is 0.191 e. The Kier molecular flexibility index (Phi) is 9.31. The summed E-state index contributed by atoms with van der Waals surface area (Å²) in [6.07, 6.45) is 6.05. The second-order valence-corrected chi connectivity index (χ2v) is 6.03. The molecule has 130 valence electrons.